The number of rotatable bonds is 4. The van der Waals surface area contributed by atoms with Crippen molar-refractivity contribution < 1.29 is 4.79 Å². The summed E-state index contributed by atoms with van der Waals surface area (Å²) in [7, 11) is 1.88. The molecule has 136 valence electrons. The maximum atomic E-state index is 12.7. The Morgan fingerprint density at radius 1 is 1.28 bits per heavy atom. The molecule has 0 atom stereocenters. The summed E-state index contributed by atoms with van der Waals surface area (Å²) in [4.78, 5) is 19.0. The van der Waals surface area contributed by atoms with Crippen LogP contribution < -0.4 is 5.32 Å². The van der Waals surface area contributed by atoms with Gasteiger partial charge in [0.25, 0.3) is 0 Å². The van der Waals surface area contributed by atoms with Crippen LogP contribution in [-0.2, 0) is 19.9 Å². The fourth-order valence-electron chi connectivity index (χ4n) is 3.50. The van der Waals surface area contributed by atoms with Gasteiger partial charge in [-0.15, -0.1) is 0 Å². The van der Waals surface area contributed by atoms with Crippen molar-refractivity contribution in [2.24, 2.45) is 7.05 Å². The second-order valence-electron chi connectivity index (χ2n) is 6.58. The number of anilines is 1. The monoisotopic (exact) mass is 345 g/mol. The van der Waals surface area contributed by atoms with Gasteiger partial charge >= 0.3 is 6.03 Å². The van der Waals surface area contributed by atoms with Crippen LogP contribution in [0.1, 0.15) is 55.5 Å². The van der Waals surface area contributed by atoms with Crippen molar-refractivity contribution in [3.05, 3.63) is 22.9 Å². The number of hydrogen-bond acceptors (Lipinski definition) is 4. The smallest absolute Gasteiger partial charge is 0.323 e. The number of aromatic amines is 1. The van der Waals surface area contributed by atoms with Crippen molar-refractivity contribution in [1.29, 1.82) is 0 Å². The minimum Gasteiger partial charge on any atom is -0.324 e. The van der Waals surface area contributed by atoms with Crippen LogP contribution in [0.25, 0.3) is 0 Å². The fraction of sp³-hybridized carbons (Fsp3) is 0.647. The maximum Gasteiger partial charge on any atom is 0.323 e. The first-order valence-electron chi connectivity index (χ1n) is 9.03. The third-order valence-electron chi connectivity index (χ3n) is 4.90. The number of carbonyl (C=O) groups is 1. The van der Waals surface area contributed by atoms with E-state index in [4.69, 9.17) is 0 Å². The Morgan fingerprint density at radius 3 is 2.56 bits per heavy atom. The molecular formula is C17H27N7O. The van der Waals surface area contributed by atoms with Gasteiger partial charge in [0, 0.05) is 31.6 Å². The maximum absolute atomic E-state index is 12.7. The molecule has 2 aromatic heterocycles. The number of carbonyl (C=O) groups excluding carboxylic acids is 1. The highest BCUT2D eigenvalue weighted by Gasteiger charge is 2.27. The summed E-state index contributed by atoms with van der Waals surface area (Å²) >= 11 is 0. The molecule has 8 heteroatoms. The highest BCUT2D eigenvalue weighted by atomic mass is 16.2. The highest BCUT2D eigenvalue weighted by Crippen LogP contribution is 2.26. The van der Waals surface area contributed by atoms with E-state index < -0.39 is 0 Å². The van der Waals surface area contributed by atoms with Gasteiger partial charge in [0.15, 0.2) is 5.82 Å². The zero-order chi connectivity index (χ0) is 18.0. The predicted octanol–water partition coefficient (Wildman–Crippen LogP) is 2.38. The molecule has 1 aliphatic heterocycles. The number of nitrogens with one attached hydrogen (secondary N) is 2. The van der Waals surface area contributed by atoms with Crippen LogP contribution in [0.4, 0.5) is 10.6 Å². The number of amides is 2. The van der Waals surface area contributed by atoms with Gasteiger partial charge < -0.3 is 4.90 Å². The number of piperidine rings is 1. The molecule has 0 unspecified atom stereocenters. The van der Waals surface area contributed by atoms with E-state index in [0.717, 1.165) is 54.4 Å². The van der Waals surface area contributed by atoms with E-state index in [1.807, 2.05) is 18.9 Å². The van der Waals surface area contributed by atoms with Crippen molar-refractivity contribution >= 4 is 11.8 Å². The standard InChI is InChI=1S/C17H27N7O/c1-5-13-14(6-2)22-23(4)16(13)19-17(25)24-9-7-12(8-10-24)15-18-11(3)20-21-15/h12H,5-10H2,1-4H3,(H,19,25)(H,18,20,21). The molecule has 2 aromatic rings. The quantitative estimate of drug-likeness (QED) is 0.890. The summed E-state index contributed by atoms with van der Waals surface area (Å²) in [6, 6.07) is -0.0510. The Labute approximate surface area is 148 Å². The molecule has 1 aliphatic rings. The zero-order valence-electron chi connectivity index (χ0n) is 15.5. The first-order valence-corrected chi connectivity index (χ1v) is 9.03. The summed E-state index contributed by atoms with van der Waals surface area (Å²) < 4.78 is 1.78. The van der Waals surface area contributed by atoms with Gasteiger partial charge in [-0.1, -0.05) is 13.8 Å². The molecule has 25 heavy (non-hydrogen) atoms. The average Bonchev–Trinajstić information content (AvgIpc) is 3.18. The topological polar surface area (TPSA) is 91.7 Å². The van der Waals surface area contributed by atoms with E-state index in [-0.39, 0.29) is 6.03 Å². The molecule has 1 saturated heterocycles. The second kappa shape index (κ2) is 7.25. The summed E-state index contributed by atoms with van der Waals surface area (Å²) in [6.45, 7) is 7.51. The molecule has 0 aliphatic carbocycles. The van der Waals surface area contributed by atoms with E-state index in [0.29, 0.717) is 19.0 Å². The molecule has 2 amide bonds. The fourth-order valence-corrected chi connectivity index (χ4v) is 3.50. The third kappa shape index (κ3) is 3.52. The summed E-state index contributed by atoms with van der Waals surface area (Å²) in [6.07, 6.45) is 3.50. The summed E-state index contributed by atoms with van der Waals surface area (Å²) in [5.41, 5.74) is 2.18. The van der Waals surface area contributed by atoms with E-state index in [1.165, 1.54) is 0 Å². The normalized spacial score (nSPS) is 15.6. The summed E-state index contributed by atoms with van der Waals surface area (Å²) in [5, 5.41) is 14.7. The molecule has 0 saturated carbocycles. The Balaban J connectivity index is 1.63. The lowest BCUT2D eigenvalue weighted by Gasteiger charge is -2.30. The summed E-state index contributed by atoms with van der Waals surface area (Å²) in [5.74, 6) is 2.84. The number of nitrogens with zero attached hydrogens (tertiary/aromatic N) is 5. The minimum atomic E-state index is -0.0510. The Hall–Kier alpha value is -2.38. The van der Waals surface area contributed by atoms with Crippen LogP contribution in [0.3, 0.4) is 0 Å². The van der Waals surface area contributed by atoms with E-state index >= 15 is 0 Å². The number of aryl methyl sites for hydroxylation is 3. The van der Waals surface area contributed by atoms with Crippen molar-refractivity contribution in [3.63, 3.8) is 0 Å². The number of likely N-dealkylation sites (tertiary alicyclic amines) is 1. The van der Waals surface area contributed by atoms with Gasteiger partial charge in [-0.2, -0.15) is 10.2 Å². The molecule has 3 heterocycles. The van der Waals surface area contributed by atoms with E-state index in [9.17, 15) is 4.79 Å². The molecule has 2 N–H and O–H groups in total. The van der Waals surface area contributed by atoms with Crippen LogP contribution in [0.15, 0.2) is 0 Å². The van der Waals surface area contributed by atoms with E-state index in [1.54, 1.807) is 4.68 Å². The van der Waals surface area contributed by atoms with Crippen LogP contribution in [0.5, 0.6) is 0 Å². The van der Waals surface area contributed by atoms with Gasteiger partial charge in [-0.3, -0.25) is 15.1 Å². The number of H-pyrrole nitrogens is 1. The van der Waals surface area contributed by atoms with Gasteiger partial charge in [0.2, 0.25) is 0 Å². The van der Waals surface area contributed by atoms with Gasteiger partial charge in [-0.05, 0) is 32.6 Å². The lowest BCUT2D eigenvalue weighted by atomic mass is 9.96. The number of aromatic nitrogens is 5. The van der Waals surface area contributed by atoms with Crippen molar-refractivity contribution in [3.8, 4) is 0 Å². The van der Waals surface area contributed by atoms with Gasteiger partial charge in [-0.25, -0.2) is 9.78 Å². The van der Waals surface area contributed by atoms with Crippen LogP contribution in [0, 0.1) is 6.92 Å². The van der Waals surface area contributed by atoms with Crippen molar-refractivity contribution in [1.82, 2.24) is 29.9 Å². The van der Waals surface area contributed by atoms with Crippen LogP contribution in [0.2, 0.25) is 0 Å². The molecule has 8 nitrogen and oxygen atoms in total. The largest absolute Gasteiger partial charge is 0.324 e. The molecule has 0 bridgehead atoms. The first kappa shape index (κ1) is 17.4. The van der Waals surface area contributed by atoms with Crippen molar-refractivity contribution in [2.75, 3.05) is 18.4 Å². The predicted molar refractivity (Wildman–Crippen MR) is 95.7 cm³/mol. The van der Waals surface area contributed by atoms with Crippen LogP contribution >= 0.6 is 0 Å². The average molecular weight is 345 g/mol. The highest BCUT2D eigenvalue weighted by molar-refractivity contribution is 5.89. The van der Waals surface area contributed by atoms with Crippen molar-refractivity contribution in [2.45, 2.75) is 52.4 Å². The Bertz CT molecular complexity index is 740. The Morgan fingerprint density at radius 2 is 2.00 bits per heavy atom. The molecule has 1 fully saturated rings. The van der Waals surface area contributed by atoms with E-state index in [2.05, 4.69) is 39.4 Å². The molecule has 0 aromatic carbocycles. The van der Waals surface area contributed by atoms with Gasteiger partial charge in [0.05, 0.1) is 5.69 Å². The number of urea groups is 1. The zero-order valence-corrected chi connectivity index (χ0v) is 15.5. The third-order valence-corrected chi connectivity index (χ3v) is 4.90. The SMILES string of the molecule is CCc1nn(C)c(NC(=O)N2CCC(c3n[nH]c(C)n3)CC2)c1CC. The Kier molecular flexibility index (Phi) is 5.06. The lowest BCUT2D eigenvalue weighted by Crippen LogP contribution is -2.41. The second-order valence-corrected chi connectivity index (χ2v) is 6.58. The molecule has 0 radical (unpaired) electrons. The molecular weight excluding hydrogens is 318 g/mol. The minimum absolute atomic E-state index is 0.0510. The molecule has 3 rings (SSSR count). The van der Waals surface area contributed by atoms with Gasteiger partial charge in [0.1, 0.15) is 11.6 Å². The molecule has 0 spiro atoms. The first-order chi connectivity index (χ1) is 12.0. The lowest BCUT2D eigenvalue weighted by molar-refractivity contribution is 0.193. The number of hydrogen-bond donors (Lipinski definition) is 2. The van der Waals surface area contributed by atoms with Crippen LogP contribution in [-0.4, -0.2) is 49.0 Å².